The van der Waals surface area contributed by atoms with Crippen molar-refractivity contribution in [3.8, 4) is 0 Å². The Hall–Kier alpha value is -1.12. The number of rotatable bonds is 2. The minimum Gasteiger partial charge on any atom is -0.373 e. The highest BCUT2D eigenvalue weighted by Gasteiger charge is 2.42. The van der Waals surface area contributed by atoms with Crippen LogP contribution in [0.5, 0.6) is 0 Å². The molecular formula is C16H23N3. The molecule has 0 aromatic carbocycles. The van der Waals surface area contributed by atoms with Gasteiger partial charge in [-0.05, 0) is 56.8 Å². The molecule has 0 radical (unpaired) electrons. The zero-order valence-corrected chi connectivity index (χ0v) is 11.8. The van der Waals surface area contributed by atoms with Crippen molar-refractivity contribution < 1.29 is 0 Å². The van der Waals surface area contributed by atoms with Crippen LogP contribution in [0.1, 0.15) is 61.5 Å². The molecule has 3 aliphatic rings. The quantitative estimate of drug-likeness (QED) is 0.883. The first kappa shape index (κ1) is 11.7. The van der Waals surface area contributed by atoms with Gasteiger partial charge in [0.2, 0.25) is 0 Å². The molecule has 0 amide bonds. The van der Waals surface area contributed by atoms with Gasteiger partial charge in [0, 0.05) is 24.2 Å². The van der Waals surface area contributed by atoms with Gasteiger partial charge in [0.25, 0.3) is 0 Å². The second-order valence-electron chi connectivity index (χ2n) is 6.59. The van der Waals surface area contributed by atoms with E-state index in [1.807, 2.05) is 7.05 Å². The molecule has 3 aliphatic carbocycles. The molecule has 4 rings (SSSR count). The summed E-state index contributed by atoms with van der Waals surface area (Å²) in [5.41, 5.74) is 2.73. The summed E-state index contributed by atoms with van der Waals surface area (Å²) in [6, 6.07) is 0. The summed E-state index contributed by atoms with van der Waals surface area (Å²) in [5, 5.41) is 3.31. The van der Waals surface area contributed by atoms with Gasteiger partial charge < -0.3 is 5.32 Å². The lowest BCUT2D eigenvalue weighted by molar-refractivity contribution is 0.403. The Morgan fingerprint density at radius 3 is 2.68 bits per heavy atom. The van der Waals surface area contributed by atoms with Gasteiger partial charge in [-0.3, -0.25) is 0 Å². The molecule has 3 nitrogen and oxygen atoms in total. The summed E-state index contributed by atoms with van der Waals surface area (Å²) in [7, 11) is 2.00. The Balaban J connectivity index is 1.72. The smallest absolute Gasteiger partial charge is 0.134 e. The second-order valence-corrected chi connectivity index (χ2v) is 6.59. The average Bonchev–Trinajstić information content (AvgIpc) is 3.08. The SMILES string of the molecule is CNc1nc(C2CC3CCC2C3)nc2c1CCCC2. The molecule has 2 saturated carbocycles. The molecule has 0 spiro atoms. The van der Waals surface area contributed by atoms with Crippen LogP contribution in [0.4, 0.5) is 5.82 Å². The highest BCUT2D eigenvalue weighted by atomic mass is 15.0. The van der Waals surface area contributed by atoms with E-state index in [9.17, 15) is 0 Å². The van der Waals surface area contributed by atoms with Gasteiger partial charge in [-0.25, -0.2) is 9.97 Å². The Labute approximate surface area is 115 Å². The summed E-state index contributed by atoms with van der Waals surface area (Å²) in [6.45, 7) is 0. The van der Waals surface area contributed by atoms with E-state index >= 15 is 0 Å². The van der Waals surface area contributed by atoms with Crippen LogP contribution >= 0.6 is 0 Å². The molecule has 0 aliphatic heterocycles. The van der Waals surface area contributed by atoms with Crippen molar-refractivity contribution in [2.45, 2.75) is 57.3 Å². The first-order chi connectivity index (χ1) is 9.35. The second kappa shape index (κ2) is 4.46. The fraction of sp³-hybridized carbons (Fsp3) is 0.750. The van der Waals surface area contributed by atoms with Crippen molar-refractivity contribution in [1.29, 1.82) is 0 Å². The molecule has 2 bridgehead atoms. The molecule has 0 saturated heterocycles. The van der Waals surface area contributed by atoms with E-state index in [4.69, 9.17) is 9.97 Å². The van der Waals surface area contributed by atoms with Crippen molar-refractivity contribution >= 4 is 5.82 Å². The van der Waals surface area contributed by atoms with E-state index < -0.39 is 0 Å². The highest BCUT2D eigenvalue weighted by molar-refractivity contribution is 5.47. The van der Waals surface area contributed by atoms with Crippen LogP contribution in [0.25, 0.3) is 0 Å². The van der Waals surface area contributed by atoms with E-state index in [1.165, 1.54) is 49.8 Å². The van der Waals surface area contributed by atoms with E-state index in [0.717, 1.165) is 36.3 Å². The number of anilines is 1. The van der Waals surface area contributed by atoms with Crippen LogP contribution in [-0.4, -0.2) is 17.0 Å². The Bertz CT molecular complexity index is 480. The van der Waals surface area contributed by atoms with E-state index in [1.54, 1.807) is 0 Å². The zero-order valence-electron chi connectivity index (χ0n) is 11.8. The van der Waals surface area contributed by atoms with Gasteiger partial charge in [-0.15, -0.1) is 0 Å². The van der Waals surface area contributed by atoms with Crippen LogP contribution < -0.4 is 5.32 Å². The van der Waals surface area contributed by atoms with Gasteiger partial charge in [0.05, 0.1) is 0 Å². The molecule has 1 aromatic rings. The molecule has 1 aromatic heterocycles. The average molecular weight is 257 g/mol. The Kier molecular flexibility index (Phi) is 2.75. The maximum absolute atomic E-state index is 4.97. The lowest BCUT2D eigenvalue weighted by Gasteiger charge is -2.24. The standard InChI is InChI=1S/C16H23N3/c1-17-15-12-4-2-3-5-14(12)18-16(19-15)13-9-10-6-7-11(13)8-10/h10-11,13H,2-9H2,1H3,(H,17,18,19). The fourth-order valence-corrected chi connectivity index (χ4v) is 4.55. The largest absolute Gasteiger partial charge is 0.373 e. The fourth-order valence-electron chi connectivity index (χ4n) is 4.55. The Morgan fingerprint density at radius 1 is 1.05 bits per heavy atom. The highest BCUT2D eigenvalue weighted by Crippen LogP contribution is 2.52. The molecule has 1 heterocycles. The summed E-state index contributed by atoms with van der Waals surface area (Å²) < 4.78 is 0. The van der Waals surface area contributed by atoms with Crippen molar-refractivity contribution in [1.82, 2.24) is 9.97 Å². The number of aryl methyl sites for hydroxylation is 1. The lowest BCUT2D eigenvalue weighted by atomic mass is 9.87. The van der Waals surface area contributed by atoms with Gasteiger partial charge in [-0.1, -0.05) is 6.42 Å². The maximum atomic E-state index is 4.97. The topological polar surface area (TPSA) is 37.8 Å². The minimum atomic E-state index is 0.651. The maximum Gasteiger partial charge on any atom is 0.134 e. The van der Waals surface area contributed by atoms with Crippen molar-refractivity contribution in [3.63, 3.8) is 0 Å². The minimum absolute atomic E-state index is 0.651. The summed E-state index contributed by atoms with van der Waals surface area (Å²) >= 11 is 0. The molecule has 3 unspecified atom stereocenters. The molecule has 19 heavy (non-hydrogen) atoms. The molecule has 3 heteroatoms. The normalized spacial score (nSPS) is 32.4. The van der Waals surface area contributed by atoms with Crippen molar-refractivity contribution in [2.24, 2.45) is 11.8 Å². The number of fused-ring (bicyclic) bond motifs is 3. The van der Waals surface area contributed by atoms with Gasteiger partial charge in [0.15, 0.2) is 0 Å². The lowest BCUT2D eigenvalue weighted by Crippen LogP contribution is -2.18. The number of hydrogen-bond acceptors (Lipinski definition) is 3. The Morgan fingerprint density at radius 2 is 1.95 bits per heavy atom. The van der Waals surface area contributed by atoms with Gasteiger partial charge >= 0.3 is 0 Å². The number of nitrogens with one attached hydrogen (secondary N) is 1. The van der Waals surface area contributed by atoms with Crippen molar-refractivity contribution in [3.05, 3.63) is 17.1 Å². The number of nitrogens with zero attached hydrogens (tertiary/aromatic N) is 2. The number of hydrogen-bond donors (Lipinski definition) is 1. The number of aromatic nitrogens is 2. The summed E-state index contributed by atoms with van der Waals surface area (Å²) in [5.74, 6) is 4.75. The predicted molar refractivity (Wildman–Crippen MR) is 76.4 cm³/mol. The van der Waals surface area contributed by atoms with Gasteiger partial charge in [-0.2, -0.15) is 0 Å². The first-order valence-corrected chi connectivity index (χ1v) is 7.92. The molecule has 102 valence electrons. The van der Waals surface area contributed by atoms with E-state index in [-0.39, 0.29) is 0 Å². The molecule has 3 atom stereocenters. The van der Waals surface area contributed by atoms with Crippen LogP contribution in [0, 0.1) is 11.8 Å². The third kappa shape index (κ3) is 1.86. The van der Waals surface area contributed by atoms with Crippen LogP contribution in [-0.2, 0) is 12.8 Å². The summed E-state index contributed by atoms with van der Waals surface area (Å²) in [6.07, 6.45) is 10.5. The van der Waals surface area contributed by atoms with Crippen LogP contribution in [0.2, 0.25) is 0 Å². The third-order valence-corrected chi connectivity index (χ3v) is 5.51. The molecule has 1 N–H and O–H groups in total. The van der Waals surface area contributed by atoms with Crippen LogP contribution in [0.15, 0.2) is 0 Å². The third-order valence-electron chi connectivity index (χ3n) is 5.51. The zero-order chi connectivity index (χ0) is 12.8. The first-order valence-electron chi connectivity index (χ1n) is 7.92. The monoisotopic (exact) mass is 257 g/mol. The van der Waals surface area contributed by atoms with Crippen molar-refractivity contribution in [2.75, 3.05) is 12.4 Å². The van der Waals surface area contributed by atoms with Crippen LogP contribution in [0.3, 0.4) is 0 Å². The van der Waals surface area contributed by atoms with E-state index in [0.29, 0.717) is 5.92 Å². The molecule has 2 fully saturated rings. The predicted octanol–water partition coefficient (Wildman–Crippen LogP) is 3.30. The van der Waals surface area contributed by atoms with E-state index in [2.05, 4.69) is 5.32 Å². The van der Waals surface area contributed by atoms with Gasteiger partial charge in [0.1, 0.15) is 11.6 Å². The summed E-state index contributed by atoms with van der Waals surface area (Å²) in [4.78, 5) is 9.85. The molecular weight excluding hydrogens is 234 g/mol.